The van der Waals surface area contributed by atoms with E-state index in [-0.39, 0.29) is 11.5 Å². The first-order valence-corrected chi connectivity index (χ1v) is 10.6. The van der Waals surface area contributed by atoms with Gasteiger partial charge in [0.2, 0.25) is 5.56 Å². The maximum absolute atomic E-state index is 12.8. The number of likely N-dealkylation sites (N-methyl/N-ethyl adjacent to an activating group) is 1. The highest BCUT2D eigenvalue weighted by Crippen LogP contribution is 2.27. The summed E-state index contributed by atoms with van der Waals surface area (Å²) in [4.78, 5) is 35.7. The number of carbonyl (C=O) groups is 1. The summed E-state index contributed by atoms with van der Waals surface area (Å²) in [6.07, 6.45) is 5.24. The summed E-state index contributed by atoms with van der Waals surface area (Å²) in [5, 5.41) is 3.39. The van der Waals surface area contributed by atoms with Crippen LogP contribution >= 0.6 is 0 Å². The molecule has 3 aromatic heterocycles. The van der Waals surface area contributed by atoms with Crippen LogP contribution in [-0.2, 0) is 0 Å². The molecule has 0 unspecified atom stereocenters. The number of benzene rings is 1. The number of H-pyrrole nitrogens is 1. The van der Waals surface area contributed by atoms with Crippen LogP contribution in [0.3, 0.4) is 0 Å². The van der Waals surface area contributed by atoms with Gasteiger partial charge < -0.3 is 20.1 Å². The van der Waals surface area contributed by atoms with Crippen molar-refractivity contribution in [3.63, 3.8) is 0 Å². The van der Waals surface area contributed by atoms with Gasteiger partial charge in [0.25, 0.3) is 5.91 Å². The Labute approximate surface area is 185 Å². The highest BCUT2D eigenvalue weighted by atomic mass is 16.2. The van der Waals surface area contributed by atoms with Gasteiger partial charge in [-0.1, -0.05) is 0 Å². The van der Waals surface area contributed by atoms with Gasteiger partial charge in [0, 0.05) is 67.7 Å². The Morgan fingerprint density at radius 3 is 2.56 bits per heavy atom. The first kappa shape index (κ1) is 20.0. The Kier molecular flexibility index (Phi) is 5.20. The molecule has 4 aromatic rings. The smallest absolute Gasteiger partial charge is 0.253 e. The molecule has 0 saturated carbocycles. The van der Waals surface area contributed by atoms with Crippen molar-refractivity contribution < 1.29 is 4.79 Å². The van der Waals surface area contributed by atoms with Crippen molar-refractivity contribution in [1.29, 1.82) is 0 Å². The predicted molar refractivity (Wildman–Crippen MR) is 124 cm³/mol. The Balaban J connectivity index is 1.37. The van der Waals surface area contributed by atoms with Crippen molar-refractivity contribution in [3.8, 4) is 11.3 Å². The van der Waals surface area contributed by atoms with Crippen molar-refractivity contribution >= 4 is 22.9 Å². The molecule has 1 aliphatic heterocycles. The zero-order valence-corrected chi connectivity index (χ0v) is 17.8. The summed E-state index contributed by atoms with van der Waals surface area (Å²) in [7, 11) is 2.07. The van der Waals surface area contributed by atoms with Crippen molar-refractivity contribution in [2.45, 2.75) is 0 Å². The van der Waals surface area contributed by atoms with E-state index in [1.807, 2.05) is 58.0 Å². The summed E-state index contributed by atoms with van der Waals surface area (Å²) in [5.41, 5.74) is 4.69. The maximum Gasteiger partial charge on any atom is 0.253 e. The second-order valence-corrected chi connectivity index (χ2v) is 7.99. The van der Waals surface area contributed by atoms with Crippen molar-refractivity contribution in [2.24, 2.45) is 0 Å². The molecule has 4 heterocycles. The van der Waals surface area contributed by atoms with Gasteiger partial charge in [-0.2, -0.15) is 0 Å². The van der Waals surface area contributed by atoms with Gasteiger partial charge in [-0.15, -0.1) is 0 Å². The van der Waals surface area contributed by atoms with Crippen LogP contribution in [0.2, 0.25) is 0 Å². The highest BCUT2D eigenvalue weighted by Gasteiger charge is 2.20. The molecular formula is C24H24N6O2. The Hall–Kier alpha value is -3.91. The molecule has 32 heavy (non-hydrogen) atoms. The summed E-state index contributed by atoms with van der Waals surface area (Å²) >= 11 is 0. The Bertz CT molecular complexity index is 1320. The van der Waals surface area contributed by atoms with Gasteiger partial charge >= 0.3 is 0 Å². The number of hydrogen-bond acceptors (Lipinski definition) is 5. The maximum atomic E-state index is 12.8. The van der Waals surface area contributed by atoms with Crippen LogP contribution in [0.5, 0.6) is 0 Å². The number of aromatic amines is 1. The average Bonchev–Trinajstić information content (AvgIpc) is 3.30. The van der Waals surface area contributed by atoms with Crippen LogP contribution in [0.15, 0.2) is 71.9 Å². The topological polar surface area (TPSA) is 85.7 Å². The van der Waals surface area contributed by atoms with Crippen LogP contribution < -0.4 is 10.9 Å². The number of piperazine rings is 1. The quantitative estimate of drug-likeness (QED) is 0.522. The van der Waals surface area contributed by atoms with Crippen LogP contribution in [0.25, 0.3) is 16.9 Å². The molecule has 5 rings (SSSR count). The third-order valence-corrected chi connectivity index (χ3v) is 5.82. The van der Waals surface area contributed by atoms with Crippen LogP contribution in [0.1, 0.15) is 10.4 Å². The molecule has 0 aliphatic carbocycles. The number of carbonyl (C=O) groups excluding carboxylic acids is 1. The molecule has 0 atom stereocenters. The van der Waals surface area contributed by atoms with Crippen molar-refractivity contribution in [3.05, 3.63) is 83.0 Å². The monoisotopic (exact) mass is 428 g/mol. The summed E-state index contributed by atoms with van der Waals surface area (Å²) in [6.45, 7) is 3.32. The number of pyridine rings is 2. The van der Waals surface area contributed by atoms with E-state index < -0.39 is 0 Å². The van der Waals surface area contributed by atoms with Gasteiger partial charge in [-0.05, 0) is 49.5 Å². The number of aromatic nitrogens is 3. The fraction of sp³-hybridized carbons (Fsp3) is 0.208. The van der Waals surface area contributed by atoms with E-state index in [0.29, 0.717) is 5.56 Å². The fourth-order valence-electron chi connectivity index (χ4n) is 3.99. The van der Waals surface area contributed by atoms with E-state index in [1.165, 1.54) is 0 Å². The van der Waals surface area contributed by atoms with Crippen LogP contribution in [-0.4, -0.2) is 63.3 Å². The number of hydrogen-bond donors (Lipinski definition) is 2. The van der Waals surface area contributed by atoms with Crippen LogP contribution in [0.4, 0.5) is 11.4 Å². The highest BCUT2D eigenvalue weighted by molar-refractivity contribution is 5.94. The zero-order chi connectivity index (χ0) is 22.1. The number of nitrogens with one attached hydrogen (secondary N) is 2. The lowest BCUT2D eigenvalue weighted by atomic mass is 10.1. The Morgan fingerprint density at radius 1 is 1.03 bits per heavy atom. The van der Waals surface area contributed by atoms with Crippen molar-refractivity contribution in [1.82, 2.24) is 24.2 Å². The first-order valence-electron chi connectivity index (χ1n) is 10.6. The van der Waals surface area contributed by atoms with Crippen molar-refractivity contribution in [2.75, 3.05) is 38.5 Å². The number of nitrogens with zero attached hydrogens (tertiary/aromatic N) is 4. The van der Waals surface area contributed by atoms with E-state index in [0.717, 1.165) is 54.5 Å². The van der Waals surface area contributed by atoms with Gasteiger partial charge in [-0.3, -0.25) is 14.0 Å². The van der Waals surface area contributed by atoms with E-state index in [4.69, 9.17) is 0 Å². The minimum absolute atomic E-state index is 0.0718. The molecule has 1 aliphatic rings. The summed E-state index contributed by atoms with van der Waals surface area (Å²) in [6, 6.07) is 14.9. The van der Waals surface area contributed by atoms with Gasteiger partial charge in [0.05, 0.1) is 11.4 Å². The molecule has 1 amide bonds. The molecule has 0 radical (unpaired) electrons. The van der Waals surface area contributed by atoms with E-state index in [9.17, 15) is 9.59 Å². The fourth-order valence-corrected chi connectivity index (χ4v) is 3.99. The third-order valence-electron chi connectivity index (χ3n) is 5.82. The number of rotatable bonds is 4. The molecule has 1 fully saturated rings. The molecule has 0 spiro atoms. The summed E-state index contributed by atoms with van der Waals surface area (Å²) < 4.78 is 1.95. The number of fused-ring (bicyclic) bond motifs is 1. The second-order valence-electron chi connectivity index (χ2n) is 7.99. The number of amides is 1. The second kappa shape index (κ2) is 8.32. The van der Waals surface area contributed by atoms with Gasteiger partial charge in [-0.25, -0.2) is 4.98 Å². The number of anilines is 2. The summed E-state index contributed by atoms with van der Waals surface area (Å²) in [5.74, 6) is 0.0718. The SMILES string of the molecule is CN1CCN(C(=O)c2ccc(Nc3ccc(-c4cc[nH]c(=O)c4)n4ccnc34)cc2)CC1. The van der Waals surface area contributed by atoms with E-state index >= 15 is 0 Å². The normalized spacial score (nSPS) is 14.6. The van der Waals surface area contributed by atoms with E-state index in [1.54, 1.807) is 18.5 Å². The molecule has 0 bridgehead atoms. The lowest BCUT2D eigenvalue weighted by Crippen LogP contribution is -2.47. The van der Waals surface area contributed by atoms with E-state index in [2.05, 4.69) is 27.2 Å². The zero-order valence-electron chi connectivity index (χ0n) is 17.8. The van der Waals surface area contributed by atoms with Crippen LogP contribution in [0, 0.1) is 0 Å². The molecule has 1 aromatic carbocycles. The Morgan fingerprint density at radius 2 is 1.81 bits per heavy atom. The largest absolute Gasteiger partial charge is 0.352 e. The minimum atomic E-state index is -0.149. The molecule has 8 heteroatoms. The molecule has 1 saturated heterocycles. The standard InChI is InChI=1S/C24H24N6O2/c1-28-12-14-29(15-13-28)24(32)17-2-4-19(5-3-17)27-20-6-7-21(30-11-10-26-23(20)30)18-8-9-25-22(31)16-18/h2-11,16,27H,12-15H2,1H3,(H,25,31). The third kappa shape index (κ3) is 3.88. The molecule has 2 N–H and O–H groups in total. The van der Waals surface area contributed by atoms with Gasteiger partial charge in [0.1, 0.15) is 0 Å². The first-order chi connectivity index (χ1) is 15.6. The lowest BCUT2D eigenvalue weighted by Gasteiger charge is -2.32. The molecular weight excluding hydrogens is 404 g/mol. The predicted octanol–water partition coefficient (Wildman–Crippen LogP) is 2.82. The minimum Gasteiger partial charge on any atom is -0.352 e. The molecule has 162 valence electrons. The number of imidazole rings is 1. The lowest BCUT2D eigenvalue weighted by molar-refractivity contribution is 0.0664. The van der Waals surface area contributed by atoms with Gasteiger partial charge in [0.15, 0.2) is 5.65 Å². The molecule has 8 nitrogen and oxygen atoms in total. The average molecular weight is 428 g/mol.